The third kappa shape index (κ3) is 4.33. The molecule has 0 aliphatic rings. The number of aromatic nitrogens is 2. The van der Waals surface area contributed by atoms with Crippen molar-refractivity contribution in [2.45, 2.75) is 39.2 Å². The average molecular weight is 268 g/mol. The maximum Gasteiger partial charge on any atom is 0.135 e. The second-order valence-electron chi connectivity index (χ2n) is 5.18. The van der Waals surface area contributed by atoms with Crippen LogP contribution in [0.1, 0.15) is 39.4 Å². The van der Waals surface area contributed by atoms with Crippen LogP contribution in [0.25, 0.3) is 0 Å². The van der Waals surface area contributed by atoms with Crippen LogP contribution in [-0.2, 0) is 0 Å². The largest absolute Gasteiger partial charge is 0.394 e. The Morgan fingerprint density at radius 2 is 1.79 bits per heavy atom. The number of hydrogen-bond acceptors (Lipinski definition) is 6. The van der Waals surface area contributed by atoms with E-state index in [-0.39, 0.29) is 19.1 Å². The van der Waals surface area contributed by atoms with Gasteiger partial charge in [-0.1, -0.05) is 13.8 Å². The minimum absolute atomic E-state index is 0.180. The minimum Gasteiger partial charge on any atom is -0.394 e. The molecule has 6 heteroatoms. The fraction of sp³-hybridized carbons (Fsp3) is 0.692. The molecule has 0 amide bonds. The van der Waals surface area contributed by atoms with Crippen molar-refractivity contribution in [3.63, 3.8) is 0 Å². The van der Waals surface area contributed by atoms with Crippen LogP contribution in [0, 0.1) is 0 Å². The molecule has 108 valence electrons. The summed E-state index contributed by atoms with van der Waals surface area (Å²) in [5, 5.41) is 24.8. The highest BCUT2D eigenvalue weighted by atomic mass is 16.3. The van der Waals surface area contributed by atoms with E-state index in [0.717, 1.165) is 18.2 Å². The fourth-order valence-electron chi connectivity index (χ4n) is 1.50. The number of nitrogens with one attached hydrogen (secondary N) is 2. The van der Waals surface area contributed by atoms with Crippen molar-refractivity contribution in [2.75, 3.05) is 30.4 Å². The third-order valence-electron chi connectivity index (χ3n) is 2.75. The maximum atomic E-state index is 9.32. The second kappa shape index (κ2) is 6.68. The van der Waals surface area contributed by atoms with Gasteiger partial charge in [0.1, 0.15) is 17.5 Å². The highest BCUT2D eigenvalue weighted by Crippen LogP contribution is 2.19. The smallest absolute Gasteiger partial charge is 0.135 e. The lowest BCUT2D eigenvalue weighted by Crippen LogP contribution is -2.42. The first-order valence-corrected chi connectivity index (χ1v) is 6.57. The van der Waals surface area contributed by atoms with Crippen molar-refractivity contribution in [1.82, 2.24) is 9.97 Å². The maximum absolute atomic E-state index is 9.32. The number of nitrogens with zero attached hydrogens (tertiary/aromatic N) is 2. The van der Waals surface area contributed by atoms with E-state index in [1.54, 1.807) is 13.0 Å². The lowest BCUT2D eigenvalue weighted by Gasteiger charge is -2.27. The highest BCUT2D eigenvalue weighted by Gasteiger charge is 2.23. The van der Waals surface area contributed by atoms with Crippen LogP contribution in [0.4, 0.5) is 11.6 Å². The van der Waals surface area contributed by atoms with E-state index >= 15 is 0 Å². The summed E-state index contributed by atoms with van der Waals surface area (Å²) >= 11 is 0. The zero-order valence-electron chi connectivity index (χ0n) is 12.1. The van der Waals surface area contributed by atoms with Gasteiger partial charge in [-0.05, 0) is 13.8 Å². The molecule has 1 aromatic heterocycles. The van der Waals surface area contributed by atoms with E-state index in [4.69, 9.17) is 0 Å². The van der Waals surface area contributed by atoms with Gasteiger partial charge in [-0.2, -0.15) is 0 Å². The van der Waals surface area contributed by atoms with Crippen LogP contribution in [0.3, 0.4) is 0 Å². The Hall–Kier alpha value is -1.40. The van der Waals surface area contributed by atoms with Crippen LogP contribution >= 0.6 is 0 Å². The van der Waals surface area contributed by atoms with Crippen molar-refractivity contribution >= 4 is 11.6 Å². The summed E-state index contributed by atoms with van der Waals surface area (Å²) < 4.78 is 0. The monoisotopic (exact) mass is 268 g/mol. The molecule has 0 fully saturated rings. The topological polar surface area (TPSA) is 90.3 Å². The summed E-state index contributed by atoms with van der Waals surface area (Å²) in [6, 6.07) is 1.78. The Labute approximate surface area is 114 Å². The first-order valence-electron chi connectivity index (χ1n) is 6.57. The summed E-state index contributed by atoms with van der Waals surface area (Å²) in [4.78, 5) is 8.83. The van der Waals surface area contributed by atoms with Gasteiger partial charge < -0.3 is 20.8 Å². The molecule has 6 nitrogen and oxygen atoms in total. The van der Waals surface area contributed by atoms with E-state index in [1.807, 2.05) is 20.8 Å². The van der Waals surface area contributed by atoms with Gasteiger partial charge in [-0.15, -0.1) is 0 Å². The summed E-state index contributed by atoms with van der Waals surface area (Å²) in [6.07, 6.45) is 0. The molecule has 0 aromatic carbocycles. The van der Waals surface area contributed by atoms with E-state index in [9.17, 15) is 10.2 Å². The normalized spacial score (nSPS) is 11.7. The van der Waals surface area contributed by atoms with E-state index in [1.165, 1.54) is 0 Å². The number of aliphatic hydroxyl groups excluding tert-OH is 2. The summed E-state index contributed by atoms with van der Waals surface area (Å²) in [5.41, 5.74) is -0.800. The second-order valence-corrected chi connectivity index (χ2v) is 5.18. The van der Waals surface area contributed by atoms with Crippen molar-refractivity contribution in [2.24, 2.45) is 0 Å². The average Bonchev–Trinajstić information content (AvgIpc) is 2.38. The molecule has 0 unspecified atom stereocenters. The molecule has 19 heavy (non-hydrogen) atoms. The zero-order valence-corrected chi connectivity index (χ0v) is 12.1. The van der Waals surface area contributed by atoms with Crippen LogP contribution < -0.4 is 10.6 Å². The van der Waals surface area contributed by atoms with Gasteiger partial charge in [0.25, 0.3) is 0 Å². The molecular formula is C13H24N4O2. The van der Waals surface area contributed by atoms with E-state index in [2.05, 4.69) is 20.6 Å². The van der Waals surface area contributed by atoms with Crippen LogP contribution in [0.15, 0.2) is 6.07 Å². The Morgan fingerprint density at radius 3 is 2.26 bits per heavy atom. The molecule has 0 aliphatic carbocycles. The molecule has 1 heterocycles. The van der Waals surface area contributed by atoms with Gasteiger partial charge in [0.05, 0.1) is 18.8 Å². The summed E-state index contributed by atoms with van der Waals surface area (Å²) in [7, 11) is 0. The SMILES string of the molecule is CCNc1cc(NC(C)(CO)CO)nc(C(C)C)n1. The van der Waals surface area contributed by atoms with Crippen molar-refractivity contribution in [1.29, 1.82) is 0 Å². The van der Waals surface area contributed by atoms with Crippen molar-refractivity contribution < 1.29 is 10.2 Å². The Morgan fingerprint density at radius 1 is 1.21 bits per heavy atom. The predicted molar refractivity (Wildman–Crippen MR) is 76.5 cm³/mol. The number of aliphatic hydroxyl groups is 2. The molecule has 0 spiro atoms. The molecule has 0 radical (unpaired) electrons. The van der Waals surface area contributed by atoms with Crippen molar-refractivity contribution in [3.05, 3.63) is 11.9 Å². The van der Waals surface area contributed by atoms with Crippen LogP contribution in [0.5, 0.6) is 0 Å². The number of rotatable bonds is 7. The highest BCUT2D eigenvalue weighted by molar-refractivity contribution is 5.49. The molecule has 0 saturated carbocycles. The summed E-state index contributed by atoms with van der Waals surface area (Å²) in [6.45, 7) is 8.18. The lowest BCUT2D eigenvalue weighted by atomic mass is 10.1. The van der Waals surface area contributed by atoms with Gasteiger partial charge in [0.15, 0.2) is 0 Å². The summed E-state index contributed by atoms with van der Waals surface area (Å²) in [5.74, 6) is 2.26. The minimum atomic E-state index is -0.800. The number of hydrogen-bond donors (Lipinski definition) is 4. The molecule has 4 N–H and O–H groups in total. The van der Waals surface area contributed by atoms with Gasteiger partial charge in [-0.25, -0.2) is 9.97 Å². The molecule has 0 atom stereocenters. The molecule has 1 rings (SSSR count). The Balaban J connectivity index is 3.05. The molecule has 0 bridgehead atoms. The zero-order chi connectivity index (χ0) is 14.5. The first-order chi connectivity index (χ1) is 8.94. The Kier molecular flexibility index (Phi) is 5.50. The van der Waals surface area contributed by atoms with Gasteiger partial charge in [-0.3, -0.25) is 0 Å². The standard InChI is InChI=1S/C13H24N4O2/c1-5-14-10-6-11(16-12(15-10)9(2)3)17-13(4,7-18)8-19/h6,9,18-19H,5,7-8H2,1-4H3,(H2,14,15,16,17). The third-order valence-corrected chi connectivity index (χ3v) is 2.75. The van der Waals surface area contributed by atoms with Crippen LogP contribution in [-0.4, -0.2) is 45.5 Å². The van der Waals surface area contributed by atoms with E-state index < -0.39 is 5.54 Å². The van der Waals surface area contributed by atoms with Gasteiger partial charge in [0.2, 0.25) is 0 Å². The Bertz CT molecular complexity index is 406. The molecule has 1 aromatic rings. The van der Waals surface area contributed by atoms with Gasteiger partial charge >= 0.3 is 0 Å². The molecular weight excluding hydrogens is 244 g/mol. The molecule has 0 aliphatic heterocycles. The van der Waals surface area contributed by atoms with Gasteiger partial charge in [0, 0.05) is 18.5 Å². The fourth-order valence-corrected chi connectivity index (χ4v) is 1.50. The number of anilines is 2. The van der Waals surface area contributed by atoms with E-state index in [0.29, 0.717) is 5.82 Å². The lowest BCUT2D eigenvalue weighted by molar-refractivity contribution is 0.147. The first kappa shape index (κ1) is 15.7. The van der Waals surface area contributed by atoms with Crippen LogP contribution in [0.2, 0.25) is 0 Å². The molecule has 0 saturated heterocycles. The van der Waals surface area contributed by atoms with Crippen molar-refractivity contribution in [3.8, 4) is 0 Å². The predicted octanol–water partition coefficient (Wildman–Crippen LogP) is 1.19. The quantitative estimate of drug-likeness (QED) is 0.594.